The Balaban J connectivity index is 1.79. The Bertz CT molecular complexity index is 794. The summed E-state index contributed by atoms with van der Waals surface area (Å²) in [5.74, 6) is 0.833. The van der Waals surface area contributed by atoms with Crippen LogP contribution in [0.3, 0.4) is 0 Å². The predicted octanol–water partition coefficient (Wildman–Crippen LogP) is 2.83. The zero-order valence-electron chi connectivity index (χ0n) is 11.3. The first-order valence-electron chi connectivity index (χ1n) is 7.00. The lowest BCUT2D eigenvalue weighted by Gasteiger charge is -2.10. The van der Waals surface area contributed by atoms with Crippen molar-refractivity contribution in [2.24, 2.45) is 0 Å². The van der Waals surface area contributed by atoms with Crippen molar-refractivity contribution in [3.8, 4) is 5.82 Å². The highest BCUT2D eigenvalue weighted by Crippen LogP contribution is 2.23. The summed E-state index contributed by atoms with van der Waals surface area (Å²) >= 11 is 3.50. The minimum absolute atomic E-state index is 0.657. The molecule has 1 aliphatic carbocycles. The van der Waals surface area contributed by atoms with Crippen LogP contribution in [0, 0.1) is 0 Å². The highest BCUT2D eigenvalue weighted by atomic mass is 79.9. The maximum Gasteiger partial charge on any atom is 0.160 e. The van der Waals surface area contributed by atoms with E-state index in [1.807, 2.05) is 28.9 Å². The van der Waals surface area contributed by atoms with Gasteiger partial charge in [-0.2, -0.15) is 4.68 Å². The third-order valence-corrected chi connectivity index (χ3v) is 4.05. The summed E-state index contributed by atoms with van der Waals surface area (Å²) in [7, 11) is 0. The van der Waals surface area contributed by atoms with Crippen LogP contribution in [0.5, 0.6) is 0 Å². The van der Waals surface area contributed by atoms with Gasteiger partial charge >= 0.3 is 0 Å². The number of hydrogen-bond acceptors (Lipinski definition) is 4. The monoisotopic (exact) mass is 343 g/mol. The van der Waals surface area contributed by atoms with Crippen molar-refractivity contribution in [3.05, 3.63) is 46.6 Å². The van der Waals surface area contributed by atoms with Crippen molar-refractivity contribution in [2.75, 3.05) is 0 Å². The molecular weight excluding hydrogens is 330 g/mol. The summed E-state index contributed by atoms with van der Waals surface area (Å²) in [6.45, 7) is 0.792. The third-order valence-electron chi connectivity index (χ3n) is 3.62. The highest BCUT2D eigenvalue weighted by molar-refractivity contribution is 9.10. The van der Waals surface area contributed by atoms with E-state index >= 15 is 0 Å². The minimum atomic E-state index is 0.657. The Morgan fingerprint density at radius 3 is 3.00 bits per heavy atom. The quantitative estimate of drug-likeness (QED) is 0.791. The lowest BCUT2D eigenvalue weighted by atomic mass is 10.2. The minimum Gasteiger partial charge on any atom is -0.310 e. The summed E-state index contributed by atoms with van der Waals surface area (Å²) in [5, 5.41) is 12.0. The molecule has 1 saturated carbocycles. The number of halogens is 1. The van der Waals surface area contributed by atoms with Gasteiger partial charge in [-0.25, -0.2) is 4.98 Å². The SMILES string of the molecule is Brc1cnc(-n2nnc3ccccc32)c(CNC2CC2)c1. The average molecular weight is 344 g/mol. The smallest absolute Gasteiger partial charge is 0.160 e. The fraction of sp³-hybridized carbons (Fsp3) is 0.267. The zero-order valence-corrected chi connectivity index (χ0v) is 12.9. The Hall–Kier alpha value is -1.79. The Labute approximate surface area is 130 Å². The van der Waals surface area contributed by atoms with E-state index in [9.17, 15) is 0 Å². The first kappa shape index (κ1) is 12.9. The fourth-order valence-corrected chi connectivity index (χ4v) is 2.74. The molecule has 0 spiro atoms. The summed E-state index contributed by atoms with van der Waals surface area (Å²) in [6.07, 6.45) is 4.33. The number of para-hydroxylation sites is 1. The molecule has 3 aromatic rings. The number of hydrogen-bond donors (Lipinski definition) is 1. The second-order valence-electron chi connectivity index (χ2n) is 5.28. The van der Waals surface area contributed by atoms with Gasteiger partial charge in [0.2, 0.25) is 0 Å². The molecular formula is C15H14BrN5. The van der Waals surface area contributed by atoms with Crippen molar-refractivity contribution in [2.45, 2.75) is 25.4 Å². The molecule has 0 aliphatic heterocycles. The van der Waals surface area contributed by atoms with E-state index in [4.69, 9.17) is 0 Å². The van der Waals surface area contributed by atoms with Crippen molar-refractivity contribution >= 4 is 27.0 Å². The maximum atomic E-state index is 4.54. The van der Waals surface area contributed by atoms with Crippen molar-refractivity contribution < 1.29 is 0 Å². The van der Waals surface area contributed by atoms with E-state index in [0.717, 1.165) is 33.4 Å². The number of nitrogens with one attached hydrogen (secondary N) is 1. The van der Waals surface area contributed by atoms with Gasteiger partial charge in [-0.1, -0.05) is 17.3 Å². The van der Waals surface area contributed by atoms with Crippen LogP contribution in [0.2, 0.25) is 0 Å². The molecule has 2 heterocycles. The number of benzene rings is 1. The molecule has 0 saturated heterocycles. The number of nitrogens with zero attached hydrogens (tertiary/aromatic N) is 4. The van der Waals surface area contributed by atoms with Crippen LogP contribution in [0.15, 0.2) is 41.0 Å². The van der Waals surface area contributed by atoms with Gasteiger partial charge in [0.25, 0.3) is 0 Å². The van der Waals surface area contributed by atoms with Crippen molar-refractivity contribution in [3.63, 3.8) is 0 Å². The lowest BCUT2D eigenvalue weighted by Crippen LogP contribution is -2.17. The van der Waals surface area contributed by atoms with Gasteiger partial charge in [-0.15, -0.1) is 5.10 Å². The van der Waals surface area contributed by atoms with E-state index < -0.39 is 0 Å². The molecule has 1 aliphatic rings. The number of aromatic nitrogens is 4. The van der Waals surface area contributed by atoms with Gasteiger partial charge in [0, 0.05) is 28.8 Å². The lowest BCUT2D eigenvalue weighted by molar-refractivity contribution is 0.674. The topological polar surface area (TPSA) is 55.6 Å². The summed E-state index contributed by atoms with van der Waals surface area (Å²) in [6, 6.07) is 10.7. The molecule has 0 bridgehead atoms. The van der Waals surface area contributed by atoms with Gasteiger partial charge in [-0.05, 0) is 47.0 Å². The maximum absolute atomic E-state index is 4.54. The van der Waals surface area contributed by atoms with E-state index in [0.29, 0.717) is 6.04 Å². The summed E-state index contributed by atoms with van der Waals surface area (Å²) < 4.78 is 2.79. The van der Waals surface area contributed by atoms with Gasteiger partial charge in [0.15, 0.2) is 5.82 Å². The van der Waals surface area contributed by atoms with E-state index in [2.05, 4.69) is 42.6 Å². The second-order valence-corrected chi connectivity index (χ2v) is 6.20. The predicted molar refractivity (Wildman–Crippen MR) is 84.2 cm³/mol. The first-order valence-corrected chi connectivity index (χ1v) is 7.79. The average Bonchev–Trinajstić information content (AvgIpc) is 3.24. The highest BCUT2D eigenvalue weighted by Gasteiger charge is 2.21. The van der Waals surface area contributed by atoms with Gasteiger partial charge in [0.05, 0.1) is 5.52 Å². The molecule has 0 atom stereocenters. The van der Waals surface area contributed by atoms with Gasteiger partial charge in [-0.3, -0.25) is 0 Å². The molecule has 1 N–H and O–H groups in total. The number of pyridine rings is 1. The van der Waals surface area contributed by atoms with Crippen LogP contribution in [0.4, 0.5) is 0 Å². The molecule has 0 amide bonds. The van der Waals surface area contributed by atoms with Crippen LogP contribution in [-0.4, -0.2) is 26.0 Å². The molecule has 106 valence electrons. The number of fused-ring (bicyclic) bond motifs is 1. The normalized spacial score (nSPS) is 14.7. The molecule has 1 fully saturated rings. The third kappa shape index (κ3) is 2.56. The molecule has 1 aromatic carbocycles. The molecule has 6 heteroatoms. The standard InChI is InChI=1S/C15H14BrN5/c16-11-7-10(8-17-12-5-6-12)15(18-9-11)21-14-4-2-1-3-13(14)19-20-21/h1-4,7,9,12,17H,5-6,8H2. The Kier molecular flexibility index (Phi) is 3.20. The molecule has 4 rings (SSSR count). The summed E-state index contributed by atoms with van der Waals surface area (Å²) in [5.41, 5.74) is 2.97. The van der Waals surface area contributed by atoms with E-state index in [-0.39, 0.29) is 0 Å². The first-order chi connectivity index (χ1) is 10.3. The molecule has 0 unspecified atom stereocenters. The van der Waals surface area contributed by atoms with E-state index in [1.165, 1.54) is 12.8 Å². The largest absolute Gasteiger partial charge is 0.310 e. The van der Waals surface area contributed by atoms with Crippen molar-refractivity contribution in [1.29, 1.82) is 0 Å². The van der Waals surface area contributed by atoms with Crippen LogP contribution < -0.4 is 5.32 Å². The molecule has 2 aromatic heterocycles. The van der Waals surface area contributed by atoms with Crippen molar-refractivity contribution in [1.82, 2.24) is 25.3 Å². The van der Waals surface area contributed by atoms with Crippen LogP contribution >= 0.6 is 15.9 Å². The zero-order chi connectivity index (χ0) is 14.2. The van der Waals surface area contributed by atoms with Crippen LogP contribution in [0.1, 0.15) is 18.4 Å². The van der Waals surface area contributed by atoms with Crippen LogP contribution in [0.25, 0.3) is 16.9 Å². The van der Waals surface area contributed by atoms with E-state index in [1.54, 1.807) is 6.20 Å². The Morgan fingerprint density at radius 1 is 1.29 bits per heavy atom. The van der Waals surface area contributed by atoms with Gasteiger partial charge < -0.3 is 5.32 Å². The second kappa shape index (κ2) is 5.20. The Morgan fingerprint density at radius 2 is 2.14 bits per heavy atom. The molecule has 21 heavy (non-hydrogen) atoms. The molecule has 5 nitrogen and oxygen atoms in total. The van der Waals surface area contributed by atoms with Crippen LogP contribution in [-0.2, 0) is 6.54 Å². The molecule has 0 radical (unpaired) electrons. The summed E-state index contributed by atoms with van der Waals surface area (Å²) in [4.78, 5) is 4.54. The van der Waals surface area contributed by atoms with Gasteiger partial charge in [0.1, 0.15) is 5.52 Å². The fourth-order valence-electron chi connectivity index (χ4n) is 2.36. The number of rotatable bonds is 4.